The molecule has 4 nitrogen and oxygen atoms in total. The van der Waals surface area contributed by atoms with E-state index in [9.17, 15) is 14.4 Å². The smallest absolute Gasteiger partial charge is 0.333 e. The van der Waals surface area contributed by atoms with Gasteiger partial charge in [0.05, 0.1) is 7.11 Å². The fourth-order valence-corrected chi connectivity index (χ4v) is 2.50. The van der Waals surface area contributed by atoms with Gasteiger partial charge < -0.3 is 4.74 Å². The lowest BCUT2D eigenvalue weighted by Gasteiger charge is -2.24. The van der Waals surface area contributed by atoms with Gasteiger partial charge in [0.2, 0.25) is 0 Å². The molecule has 20 heavy (non-hydrogen) atoms. The molecule has 0 fully saturated rings. The molecule has 0 aromatic carbocycles. The molecule has 0 heterocycles. The van der Waals surface area contributed by atoms with Crippen LogP contribution in [0.5, 0.6) is 0 Å². The van der Waals surface area contributed by atoms with Gasteiger partial charge in [0.25, 0.3) is 0 Å². The Balaban J connectivity index is 2.68. The summed E-state index contributed by atoms with van der Waals surface area (Å²) in [4.78, 5) is 35.2. The van der Waals surface area contributed by atoms with Gasteiger partial charge in [-0.25, -0.2) is 4.79 Å². The van der Waals surface area contributed by atoms with Crippen molar-refractivity contribution in [2.45, 2.75) is 40.0 Å². The van der Waals surface area contributed by atoms with Crippen molar-refractivity contribution in [2.75, 3.05) is 7.11 Å². The van der Waals surface area contributed by atoms with Crippen molar-refractivity contribution in [1.82, 2.24) is 0 Å². The highest BCUT2D eigenvalue weighted by Crippen LogP contribution is 2.29. The van der Waals surface area contributed by atoms with Crippen LogP contribution < -0.4 is 0 Å². The molecule has 0 saturated heterocycles. The summed E-state index contributed by atoms with van der Waals surface area (Å²) in [5.74, 6) is -0.661. The molecule has 2 atom stereocenters. The normalized spacial score (nSPS) is 19.9. The zero-order valence-corrected chi connectivity index (χ0v) is 12.6. The fourth-order valence-electron chi connectivity index (χ4n) is 2.50. The Labute approximate surface area is 119 Å². The first kappa shape index (κ1) is 16.3. The molecule has 0 N–H and O–H groups in total. The van der Waals surface area contributed by atoms with Crippen LogP contribution in [0.15, 0.2) is 23.3 Å². The van der Waals surface area contributed by atoms with E-state index in [4.69, 9.17) is 0 Å². The second-order valence-electron chi connectivity index (χ2n) is 5.58. The summed E-state index contributed by atoms with van der Waals surface area (Å²) < 4.78 is 4.62. The molecule has 0 amide bonds. The van der Waals surface area contributed by atoms with Gasteiger partial charge in [0.1, 0.15) is 0 Å². The largest absolute Gasteiger partial charge is 0.466 e. The van der Waals surface area contributed by atoms with E-state index in [2.05, 4.69) is 4.74 Å². The monoisotopic (exact) mass is 278 g/mol. The summed E-state index contributed by atoms with van der Waals surface area (Å²) in [5, 5.41) is 0. The van der Waals surface area contributed by atoms with Crippen molar-refractivity contribution in [1.29, 1.82) is 0 Å². The van der Waals surface area contributed by atoms with Crippen LogP contribution in [0.1, 0.15) is 40.0 Å². The third-order valence-electron chi connectivity index (χ3n) is 3.51. The lowest BCUT2D eigenvalue weighted by molar-refractivity contribution is -0.137. The average molecular weight is 278 g/mol. The Morgan fingerprint density at radius 3 is 2.60 bits per heavy atom. The zero-order valence-electron chi connectivity index (χ0n) is 12.6. The van der Waals surface area contributed by atoms with E-state index in [1.807, 2.05) is 20.8 Å². The second-order valence-corrected chi connectivity index (χ2v) is 5.58. The third kappa shape index (κ3) is 4.44. The van der Waals surface area contributed by atoms with Crippen LogP contribution in [-0.4, -0.2) is 24.6 Å². The van der Waals surface area contributed by atoms with Crippen LogP contribution in [0.3, 0.4) is 0 Å². The van der Waals surface area contributed by atoms with Crippen LogP contribution in [-0.2, 0) is 19.1 Å². The third-order valence-corrected chi connectivity index (χ3v) is 3.51. The summed E-state index contributed by atoms with van der Waals surface area (Å²) in [6.45, 7) is 5.66. The minimum absolute atomic E-state index is 0.0129. The molecular formula is C16H22O4. The number of ketones is 2. The fraction of sp³-hybridized carbons (Fsp3) is 0.562. The van der Waals surface area contributed by atoms with Crippen molar-refractivity contribution < 1.29 is 19.1 Å². The van der Waals surface area contributed by atoms with Crippen molar-refractivity contribution in [3.8, 4) is 0 Å². The molecule has 4 heteroatoms. The lowest BCUT2D eigenvalue weighted by Crippen LogP contribution is -2.27. The van der Waals surface area contributed by atoms with Crippen LogP contribution >= 0.6 is 0 Å². The molecular weight excluding hydrogens is 256 g/mol. The van der Waals surface area contributed by atoms with Crippen LogP contribution in [0.4, 0.5) is 0 Å². The first-order valence-electron chi connectivity index (χ1n) is 6.85. The number of allylic oxidation sites excluding steroid dienone is 3. The van der Waals surface area contributed by atoms with E-state index < -0.39 is 5.97 Å². The summed E-state index contributed by atoms with van der Waals surface area (Å²) >= 11 is 0. The number of carbonyl (C=O) groups excluding carboxylic acids is 3. The van der Waals surface area contributed by atoms with Gasteiger partial charge in [-0.05, 0) is 44.8 Å². The van der Waals surface area contributed by atoms with E-state index in [1.165, 1.54) is 13.2 Å². The summed E-state index contributed by atoms with van der Waals surface area (Å²) in [5.41, 5.74) is 1.39. The SMILES string of the molecule is COC(=O)C1=CC(=O)[C@@H]([C@@H](C)CC(=O)C=C(C)C)CC1. The number of hydrogen-bond acceptors (Lipinski definition) is 4. The van der Waals surface area contributed by atoms with Crippen molar-refractivity contribution in [3.05, 3.63) is 23.3 Å². The van der Waals surface area contributed by atoms with E-state index in [1.54, 1.807) is 6.08 Å². The Bertz CT molecular complexity index is 467. The highest BCUT2D eigenvalue weighted by atomic mass is 16.5. The average Bonchev–Trinajstić information content (AvgIpc) is 2.36. The van der Waals surface area contributed by atoms with Crippen LogP contribution in [0.25, 0.3) is 0 Å². The molecule has 0 radical (unpaired) electrons. The van der Waals surface area contributed by atoms with Crippen LogP contribution in [0.2, 0.25) is 0 Å². The van der Waals surface area contributed by atoms with Gasteiger partial charge in [-0.1, -0.05) is 12.5 Å². The number of hydrogen-bond donors (Lipinski definition) is 0. The summed E-state index contributed by atoms with van der Waals surface area (Å²) in [6.07, 6.45) is 4.48. The van der Waals surface area contributed by atoms with E-state index in [0.29, 0.717) is 24.8 Å². The first-order valence-corrected chi connectivity index (χ1v) is 6.85. The zero-order chi connectivity index (χ0) is 15.3. The molecule has 0 unspecified atom stereocenters. The minimum Gasteiger partial charge on any atom is -0.466 e. The van der Waals surface area contributed by atoms with E-state index in [-0.39, 0.29) is 23.4 Å². The highest BCUT2D eigenvalue weighted by Gasteiger charge is 2.30. The van der Waals surface area contributed by atoms with Gasteiger partial charge in [-0.3, -0.25) is 9.59 Å². The lowest BCUT2D eigenvalue weighted by atomic mass is 9.78. The van der Waals surface area contributed by atoms with E-state index in [0.717, 1.165) is 5.57 Å². The minimum atomic E-state index is -0.440. The van der Waals surface area contributed by atoms with Gasteiger partial charge in [0, 0.05) is 17.9 Å². The van der Waals surface area contributed by atoms with Gasteiger partial charge in [-0.2, -0.15) is 0 Å². The Morgan fingerprint density at radius 2 is 2.10 bits per heavy atom. The van der Waals surface area contributed by atoms with Gasteiger partial charge >= 0.3 is 5.97 Å². The molecule has 0 aromatic rings. The second kappa shape index (κ2) is 7.17. The molecule has 0 bridgehead atoms. The van der Waals surface area contributed by atoms with Gasteiger partial charge in [-0.15, -0.1) is 0 Å². The molecule has 0 saturated carbocycles. The highest BCUT2D eigenvalue weighted by molar-refractivity contribution is 6.02. The molecule has 0 spiro atoms. The summed E-state index contributed by atoms with van der Waals surface area (Å²) in [6, 6.07) is 0. The molecule has 1 aliphatic rings. The van der Waals surface area contributed by atoms with Crippen molar-refractivity contribution in [3.63, 3.8) is 0 Å². The number of methoxy groups -OCH3 is 1. The number of ether oxygens (including phenoxy) is 1. The molecule has 0 aromatic heterocycles. The standard InChI is InChI=1S/C16H22O4/c1-10(2)7-13(17)8-11(3)14-6-5-12(9-15(14)18)16(19)20-4/h7,9,11,14H,5-6,8H2,1-4H3/t11-,14+/m0/s1. The molecule has 1 rings (SSSR count). The topological polar surface area (TPSA) is 60.4 Å². The molecule has 110 valence electrons. The maximum absolute atomic E-state index is 12.1. The molecule has 1 aliphatic carbocycles. The number of esters is 1. The van der Waals surface area contributed by atoms with Crippen molar-refractivity contribution in [2.24, 2.45) is 11.8 Å². The van der Waals surface area contributed by atoms with Crippen LogP contribution in [0, 0.1) is 11.8 Å². The van der Waals surface area contributed by atoms with Gasteiger partial charge in [0.15, 0.2) is 11.6 Å². The Morgan fingerprint density at radius 1 is 1.45 bits per heavy atom. The molecule has 0 aliphatic heterocycles. The van der Waals surface area contributed by atoms with Crippen molar-refractivity contribution >= 4 is 17.5 Å². The first-order chi connectivity index (χ1) is 9.35. The summed E-state index contributed by atoms with van der Waals surface area (Å²) in [7, 11) is 1.31. The maximum atomic E-state index is 12.1. The quantitative estimate of drug-likeness (QED) is 0.573. The Hall–Kier alpha value is -1.71. The Kier molecular flexibility index (Phi) is 5.86. The predicted molar refractivity (Wildman–Crippen MR) is 76.0 cm³/mol. The number of carbonyl (C=O) groups is 3. The number of rotatable bonds is 5. The van der Waals surface area contributed by atoms with E-state index >= 15 is 0 Å². The maximum Gasteiger partial charge on any atom is 0.333 e. The predicted octanol–water partition coefficient (Wildman–Crippen LogP) is 2.63.